The topological polar surface area (TPSA) is 22.1 Å². The fourth-order valence-electron chi connectivity index (χ4n) is 1.19. The van der Waals surface area contributed by atoms with E-state index in [2.05, 4.69) is 4.98 Å². The van der Waals surface area contributed by atoms with Crippen LogP contribution >= 0.6 is 11.3 Å². The van der Waals surface area contributed by atoms with Gasteiger partial charge in [0, 0.05) is 5.38 Å². The Bertz CT molecular complexity index is 504. The molecule has 0 aliphatic heterocycles. The van der Waals surface area contributed by atoms with Gasteiger partial charge in [-0.15, -0.1) is 0 Å². The summed E-state index contributed by atoms with van der Waals surface area (Å²) in [4.78, 5) is 4.05. The Morgan fingerprint density at radius 3 is 2.29 bits per heavy atom. The van der Waals surface area contributed by atoms with Crippen LogP contribution in [0.25, 0.3) is 0 Å². The second-order valence-corrected chi connectivity index (χ2v) is 4.20. The summed E-state index contributed by atoms with van der Waals surface area (Å²) in [5, 5.41) is 2.22. The molecule has 2 aromatic rings. The number of alkyl halides is 3. The molecule has 0 aliphatic rings. The van der Waals surface area contributed by atoms with Crippen molar-refractivity contribution in [3.63, 3.8) is 0 Å². The van der Waals surface area contributed by atoms with Crippen molar-refractivity contribution in [1.82, 2.24) is 4.98 Å². The lowest BCUT2D eigenvalue weighted by atomic mass is 10.2. The number of aryl methyl sites for hydroxylation is 1. The van der Waals surface area contributed by atoms with Gasteiger partial charge in [-0.1, -0.05) is 11.3 Å². The quantitative estimate of drug-likeness (QED) is 0.803. The number of aromatic nitrogens is 1. The minimum absolute atomic E-state index is 0.340. The van der Waals surface area contributed by atoms with Crippen LogP contribution in [0.2, 0.25) is 0 Å². The molecule has 1 heterocycles. The molecule has 0 saturated carbocycles. The number of nitrogens with zero attached hydrogens (tertiary/aromatic N) is 1. The predicted octanol–water partition coefficient (Wildman–Crippen LogP) is 4.26. The molecule has 1 aromatic carbocycles. The van der Waals surface area contributed by atoms with Crippen LogP contribution in [0.5, 0.6) is 10.9 Å². The third kappa shape index (κ3) is 2.97. The zero-order valence-electron chi connectivity index (χ0n) is 8.78. The number of rotatable bonds is 2. The van der Waals surface area contributed by atoms with E-state index < -0.39 is 11.7 Å². The van der Waals surface area contributed by atoms with Gasteiger partial charge in [0.25, 0.3) is 5.19 Å². The maximum absolute atomic E-state index is 12.3. The van der Waals surface area contributed by atoms with E-state index in [1.165, 1.54) is 23.5 Å². The average Bonchev–Trinajstić information content (AvgIpc) is 2.63. The minimum Gasteiger partial charge on any atom is -0.431 e. The molecule has 0 unspecified atom stereocenters. The van der Waals surface area contributed by atoms with Crippen molar-refractivity contribution in [2.75, 3.05) is 0 Å². The van der Waals surface area contributed by atoms with E-state index >= 15 is 0 Å². The van der Waals surface area contributed by atoms with Crippen LogP contribution < -0.4 is 4.74 Å². The Morgan fingerprint density at radius 1 is 1.18 bits per heavy atom. The molecule has 0 atom stereocenters. The fraction of sp³-hybridized carbons (Fsp3) is 0.182. The lowest BCUT2D eigenvalue weighted by Crippen LogP contribution is -2.03. The van der Waals surface area contributed by atoms with E-state index in [-0.39, 0.29) is 0 Å². The van der Waals surface area contributed by atoms with Gasteiger partial charge in [0.15, 0.2) is 0 Å². The highest BCUT2D eigenvalue weighted by molar-refractivity contribution is 7.11. The van der Waals surface area contributed by atoms with Crippen molar-refractivity contribution in [2.24, 2.45) is 0 Å². The second-order valence-electron chi connectivity index (χ2n) is 3.38. The number of benzene rings is 1. The zero-order chi connectivity index (χ0) is 12.5. The smallest absolute Gasteiger partial charge is 0.416 e. The Labute approximate surface area is 99.7 Å². The average molecular weight is 259 g/mol. The van der Waals surface area contributed by atoms with Crippen LogP contribution in [-0.4, -0.2) is 4.98 Å². The maximum atomic E-state index is 12.3. The van der Waals surface area contributed by atoms with E-state index in [0.717, 1.165) is 17.8 Å². The van der Waals surface area contributed by atoms with Gasteiger partial charge in [-0.3, -0.25) is 0 Å². The van der Waals surface area contributed by atoms with Gasteiger partial charge < -0.3 is 4.74 Å². The third-order valence-electron chi connectivity index (χ3n) is 1.98. The highest BCUT2D eigenvalue weighted by atomic mass is 32.1. The molecule has 0 fully saturated rings. The van der Waals surface area contributed by atoms with Crippen LogP contribution in [0.15, 0.2) is 29.6 Å². The van der Waals surface area contributed by atoms with Crippen LogP contribution in [0.3, 0.4) is 0 Å². The molecule has 2 rings (SSSR count). The first-order valence-corrected chi connectivity index (χ1v) is 5.60. The largest absolute Gasteiger partial charge is 0.431 e. The van der Waals surface area contributed by atoms with Crippen LogP contribution in [0.1, 0.15) is 11.3 Å². The van der Waals surface area contributed by atoms with Crippen molar-refractivity contribution in [3.05, 3.63) is 40.9 Å². The molecule has 1 aromatic heterocycles. The first kappa shape index (κ1) is 11.9. The Kier molecular flexibility index (Phi) is 3.06. The molecule has 0 bridgehead atoms. The van der Waals surface area contributed by atoms with Gasteiger partial charge in [0.2, 0.25) is 0 Å². The van der Waals surface area contributed by atoms with Gasteiger partial charge >= 0.3 is 6.18 Å². The first-order valence-electron chi connectivity index (χ1n) is 4.72. The fourth-order valence-corrected chi connectivity index (χ4v) is 1.86. The summed E-state index contributed by atoms with van der Waals surface area (Å²) in [5.41, 5.74) is 0.122. The number of halogens is 3. The van der Waals surface area contributed by atoms with Gasteiger partial charge in [0.1, 0.15) is 5.75 Å². The van der Waals surface area contributed by atoms with Gasteiger partial charge in [0.05, 0.1) is 11.3 Å². The summed E-state index contributed by atoms with van der Waals surface area (Å²) < 4.78 is 42.2. The molecule has 0 amide bonds. The molecule has 0 saturated heterocycles. The second kappa shape index (κ2) is 4.37. The first-order chi connectivity index (χ1) is 7.95. The lowest BCUT2D eigenvalue weighted by Gasteiger charge is -2.07. The minimum atomic E-state index is -4.32. The molecule has 0 N–H and O–H groups in total. The summed E-state index contributed by atoms with van der Waals surface area (Å²) in [6, 6.07) is 4.52. The summed E-state index contributed by atoms with van der Waals surface area (Å²) in [6.07, 6.45) is -4.32. The summed E-state index contributed by atoms with van der Waals surface area (Å²) in [7, 11) is 0. The summed E-state index contributed by atoms with van der Waals surface area (Å²) in [6.45, 7) is 1.82. The predicted molar refractivity (Wildman–Crippen MR) is 58.4 cm³/mol. The normalized spacial score (nSPS) is 11.5. The summed E-state index contributed by atoms with van der Waals surface area (Å²) >= 11 is 1.30. The maximum Gasteiger partial charge on any atom is 0.416 e. The van der Waals surface area contributed by atoms with E-state index in [4.69, 9.17) is 4.74 Å². The molecule has 0 spiro atoms. The van der Waals surface area contributed by atoms with E-state index in [9.17, 15) is 13.2 Å². The van der Waals surface area contributed by atoms with E-state index in [1.54, 1.807) is 5.38 Å². The van der Waals surface area contributed by atoms with Crippen LogP contribution in [0.4, 0.5) is 13.2 Å². The monoisotopic (exact) mass is 259 g/mol. The molecular formula is C11H8F3NOS. The molecule has 6 heteroatoms. The number of ether oxygens (including phenoxy) is 1. The Hall–Kier alpha value is -1.56. The molecular weight excluding hydrogens is 251 g/mol. The standard InChI is InChI=1S/C11H8F3NOS/c1-7-6-17-10(15-7)16-9-4-2-8(3-5-9)11(12,13)14/h2-6H,1H3. The van der Waals surface area contributed by atoms with Crippen molar-refractivity contribution < 1.29 is 17.9 Å². The Morgan fingerprint density at radius 2 is 1.82 bits per heavy atom. The molecule has 0 radical (unpaired) electrons. The van der Waals surface area contributed by atoms with Crippen molar-refractivity contribution in [3.8, 4) is 10.9 Å². The van der Waals surface area contributed by atoms with Crippen LogP contribution in [0, 0.1) is 6.92 Å². The summed E-state index contributed by atoms with van der Waals surface area (Å²) in [5.74, 6) is 0.340. The molecule has 17 heavy (non-hydrogen) atoms. The van der Waals surface area contributed by atoms with Gasteiger partial charge in [-0.25, -0.2) is 4.98 Å². The van der Waals surface area contributed by atoms with Crippen molar-refractivity contribution in [2.45, 2.75) is 13.1 Å². The van der Waals surface area contributed by atoms with E-state index in [1.807, 2.05) is 6.92 Å². The van der Waals surface area contributed by atoms with Crippen molar-refractivity contribution in [1.29, 1.82) is 0 Å². The van der Waals surface area contributed by atoms with Gasteiger partial charge in [-0.05, 0) is 31.2 Å². The highest BCUT2D eigenvalue weighted by Gasteiger charge is 2.30. The van der Waals surface area contributed by atoms with Crippen molar-refractivity contribution >= 4 is 11.3 Å². The SMILES string of the molecule is Cc1csc(Oc2ccc(C(F)(F)F)cc2)n1. The number of thiazole rings is 1. The Balaban J connectivity index is 2.13. The lowest BCUT2D eigenvalue weighted by molar-refractivity contribution is -0.137. The highest BCUT2D eigenvalue weighted by Crippen LogP contribution is 2.31. The number of hydrogen-bond donors (Lipinski definition) is 0. The molecule has 90 valence electrons. The molecule has 0 aliphatic carbocycles. The molecule has 2 nitrogen and oxygen atoms in total. The zero-order valence-corrected chi connectivity index (χ0v) is 9.60. The number of hydrogen-bond acceptors (Lipinski definition) is 3. The third-order valence-corrected chi connectivity index (χ3v) is 2.82. The van der Waals surface area contributed by atoms with Gasteiger partial charge in [-0.2, -0.15) is 13.2 Å². The van der Waals surface area contributed by atoms with E-state index in [0.29, 0.717) is 10.9 Å². The van der Waals surface area contributed by atoms with Crippen LogP contribution in [-0.2, 0) is 6.18 Å².